The Morgan fingerprint density at radius 1 is 1.30 bits per heavy atom. The normalized spacial score (nSPS) is 24.1. The van der Waals surface area contributed by atoms with Crippen LogP contribution in [0, 0.1) is 5.92 Å². The number of anilines is 1. The molecule has 1 aliphatic carbocycles. The number of hydrogen-bond donors (Lipinski definition) is 1. The molecule has 1 amide bonds. The lowest BCUT2D eigenvalue weighted by Crippen LogP contribution is -2.30. The van der Waals surface area contributed by atoms with Crippen LogP contribution in [0.3, 0.4) is 0 Å². The Kier molecular flexibility index (Phi) is 4.19. The Labute approximate surface area is 123 Å². The fourth-order valence-electron chi connectivity index (χ4n) is 3.23. The van der Waals surface area contributed by atoms with Crippen molar-refractivity contribution < 1.29 is 4.79 Å². The number of carbonyl (C=O) groups is 1. The SMILES string of the molecule is CNC(=O)C1CCN(c2nc(C3CCCCC3)ns2)C1. The van der Waals surface area contributed by atoms with Crippen molar-refractivity contribution in [2.24, 2.45) is 5.92 Å². The molecule has 0 bridgehead atoms. The van der Waals surface area contributed by atoms with Gasteiger partial charge in [0, 0.05) is 37.6 Å². The van der Waals surface area contributed by atoms with Gasteiger partial charge < -0.3 is 10.2 Å². The second-order valence-electron chi connectivity index (χ2n) is 5.82. The Bertz CT molecular complexity index is 469. The van der Waals surface area contributed by atoms with Crippen molar-refractivity contribution in [1.29, 1.82) is 0 Å². The lowest BCUT2D eigenvalue weighted by molar-refractivity contribution is -0.123. The molecule has 2 aliphatic rings. The van der Waals surface area contributed by atoms with Crippen LogP contribution in [0.2, 0.25) is 0 Å². The van der Waals surface area contributed by atoms with Crippen LogP contribution in [-0.4, -0.2) is 35.4 Å². The van der Waals surface area contributed by atoms with Crippen LogP contribution in [0.5, 0.6) is 0 Å². The molecule has 110 valence electrons. The van der Waals surface area contributed by atoms with E-state index in [0.717, 1.165) is 30.5 Å². The number of nitrogens with zero attached hydrogens (tertiary/aromatic N) is 3. The lowest BCUT2D eigenvalue weighted by Gasteiger charge is -2.18. The minimum absolute atomic E-state index is 0.0991. The maximum Gasteiger partial charge on any atom is 0.224 e. The molecule has 0 aromatic carbocycles. The first-order valence-corrected chi connectivity index (χ1v) is 8.35. The fourth-order valence-corrected chi connectivity index (χ4v) is 4.01. The van der Waals surface area contributed by atoms with E-state index in [1.807, 2.05) is 0 Å². The summed E-state index contributed by atoms with van der Waals surface area (Å²) in [4.78, 5) is 18.6. The Morgan fingerprint density at radius 2 is 2.10 bits per heavy atom. The highest BCUT2D eigenvalue weighted by molar-refractivity contribution is 7.09. The van der Waals surface area contributed by atoms with Crippen molar-refractivity contribution in [1.82, 2.24) is 14.7 Å². The van der Waals surface area contributed by atoms with Crippen LogP contribution in [0.25, 0.3) is 0 Å². The summed E-state index contributed by atoms with van der Waals surface area (Å²) in [6, 6.07) is 0. The molecule has 2 fully saturated rings. The van der Waals surface area contributed by atoms with Gasteiger partial charge in [-0.2, -0.15) is 4.37 Å². The number of aromatic nitrogens is 2. The molecule has 20 heavy (non-hydrogen) atoms. The standard InChI is InChI=1S/C14H22N4OS/c1-15-13(19)11-7-8-18(9-11)14-16-12(17-20-14)10-5-3-2-4-6-10/h10-11H,2-9H2,1H3,(H,15,19). The summed E-state index contributed by atoms with van der Waals surface area (Å²) in [7, 11) is 1.71. The van der Waals surface area contributed by atoms with Crippen molar-refractivity contribution in [2.75, 3.05) is 25.0 Å². The zero-order chi connectivity index (χ0) is 13.9. The van der Waals surface area contributed by atoms with Gasteiger partial charge in [-0.05, 0) is 19.3 Å². The van der Waals surface area contributed by atoms with Gasteiger partial charge in [0.25, 0.3) is 0 Å². The third-order valence-electron chi connectivity index (χ3n) is 4.48. The Morgan fingerprint density at radius 3 is 2.85 bits per heavy atom. The summed E-state index contributed by atoms with van der Waals surface area (Å²) in [5.41, 5.74) is 0. The van der Waals surface area contributed by atoms with Crippen molar-refractivity contribution in [3.05, 3.63) is 5.82 Å². The minimum atomic E-state index is 0.0991. The van der Waals surface area contributed by atoms with Crippen molar-refractivity contribution in [3.63, 3.8) is 0 Å². The monoisotopic (exact) mass is 294 g/mol. The molecule has 1 N–H and O–H groups in total. The Hall–Kier alpha value is -1.17. The number of nitrogens with one attached hydrogen (secondary N) is 1. The van der Waals surface area contributed by atoms with E-state index in [4.69, 9.17) is 4.98 Å². The van der Waals surface area contributed by atoms with Gasteiger partial charge in [-0.3, -0.25) is 4.79 Å². The number of amides is 1. The van der Waals surface area contributed by atoms with E-state index in [0.29, 0.717) is 5.92 Å². The third kappa shape index (κ3) is 2.80. The van der Waals surface area contributed by atoms with Gasteiger partial charge in [0.15, 0.2) is 0 Å². The molecule has 2 heterocycles. The van der Waals surface area contributed by atoms with Crippen LogP contribution >= 0.6 is 11.5 Å². The quantitative estimate of drug-likeness (QED) is 0.928. The molecule has 1 saturated carbocycles. The highest BCUT2D eigenvalue weighted by Gasteiger charge is 2.30. The van der Waals surface area contributed by atoms with Crippen molar-refractivity contribution in [3.8, 4) is 0 Å². The zero-order valence-corrected chi connectivity index (χ0v) is 12.8. The lowest BCUT2D eigenvalue weighted by atomic mass is 9.89. The smallest absolute Gasteiger partial charge is 0.224 e. The molecule has 1 atom stereocenters. The van der Waals surface area contributed by atoms with E-state index in [-0.39, 0.29) is 11.8 Å². The van der Waals surface area contributed by atoms with Gasteiger partial charge in [-0.25, -0.2) is 4.98 Å². The zero-order valence-electron chi connectivity index (χ0n) is 12.0. The van der Waals surface area contributed by atoms with Crippen LogP contribution < -0.4 is 10.2 Å². The Balaban J connectivity index is 1.64. The van der Waals surface area contributed by atoms with E-state index >= 15 is 0 Å². The molecule has 1 unspecified atom stereocenters. The highest BCUT2D eigenvalue weighted by Crippen LogP contribution is 2.34. The first-order chi connectivity index (χ1) is 9.78. The topological polar surface area (TPSA) is 58.1 Å². The number of carbonyl (C=O) groups excluding carboxylic acids is 1. The molecule has 0 radical (unpaired) electrons. The average molecular weight is 294 g/mol. The van der Waals surface area contributed by atoms with E-state index < -0.39 is 0 Å². The third-order valence-corrected chi connectivity index (χ3v) is 5.27. The van der Waals surface area contributed by atoms with E-state index in [9.17, 15) is 4.79 Å². The summed E-state index contributed by atoms with van der Waals surface area (Å²) >= 11 is 1.49. The molecule has 1 aromatic rings. The highest BCUT2D eigenvalue weighted by atomic mass is 32.1. The van der Waals surface area contributed by atoms with Gasteiger partial charge in [0.05, 0.1) is 5.92 Å². The van der Waals surface area contributed by atoms with Crippen molar-refractivity contribution in [2.45, 2.75) is 44.4 Å². The minimum Gasteiger partial charge on any atom is -0.359 e. The second-order valence-corrected chi connectivity index (χ2v) is 6.55. The predicted molar refractivity (Wildman–Crippen MR) is 80.1 cm³/mol. The maximum absolute atomic E-state index is 11.7. The molecule has 1 saturated heterocycles. The van der Waals surface area contributed by atoms with Gasteiger partial charge >= 0.3 is 0 Å². The number of hydrogen-bond acceptors (Lipinski definition) is 5. The number of rotatable bonds is 3. The van der Waals surface area contributed by atoms with E-state index in [1.165, 1.54) is 43.6 Å². The summed E-state index contributed by atoms with van der Waals surface area (Å²) in [6.07, 6.45) is 7.35. The first kappa shape index (κ1) is 13.8. The average Bonchev–Trinajstić information content (AvgIpc) is 3.16. The predicted octanol–water partition coefficient (Wildman–Crippen LogP) is 2.16. The first-order valence-electron chi connectivity index (χ1n) is 7.58. The molecular weight excluding hydrogens is 272 g/mol. The summed E-state index contributed by atoms with van der Waals surface area (Å²) in [5.74, 6) is 1.84. The molecule has 1 aromatic heterocycles. The van der Waals surface area contributed by atoms with Crippen LogP contribution in [0.1, 0.15) is 50.3 Å². The van der Waals surface area contributed by atoms with Gasteiger partial charge in [0.1, 0.15) is 5.82 Å². The largest absolute Gasteiger partial charge is 0.359 e. The molecule has 5 nitrogen and oxygen atoms in total. The molecule has 1 aliphatic heterocycles. The van der Waals surface area contributed by atoms with Gasteiger partial charge in [-0.15, -0.1) is 0 Å². The molecule has 6 heteroatoms. The second kappa shape index (κ2) is 6.08. The van der Waals surface area contributed by atoms with E-state index in [1.54, 1.807) is 7.05 Å². The summed E-state index contributed by atoms with van der Waals surface area (Å²) in [5, 5.41) is 3.73. The van der Waals surface area contributed by atoms with Crippen LogP contribution in [0.15, 0.2) is 0 Å². The molecular formula is C14H22N4OS. The maximum atomic E-state index is 11.7. The summed E-state index contributed by atoms with van der Waals surface area (Å²) in [6.45, 7) is 1.69. The summed E-state index contributed by atoms with van der Waals surface area (Å²) < 4.78 is 4.56. The fraction of sp³-hybridized carbons (Fsp3) is 0.786. The van der Waals surface area contributed by atoms with Crippen LogP contribution in [0.4, 0.5) is 5.13 Å². The molecule has 3 rings (SSSR count). The van der Waals surface area contributed by atoms with Crippen molar-refractivity contribution >= 4 is 22.6 Å². The van der Waals surface area contributed by atoms with E-state index in [2.05, 4.69) is 14.6 Å². The molecule has 0 spiro atoms. The van der Waals surface area contributed by atoms with Gasteiger partial charge in [0.2, 0.25) is 11.0 Å². The van der Waals surface area contributed by atoms with Gasteiger partial charge in [-0.1, -0.05) is 19.3 Å². The van der Waals surface area contributed by atoms with Crippen LogP contribution in [-0.2, 0) is 4.79 Å².